The number of esters is 1. The fourth-order valence-corrected chi connectivity index (χ4v) is 5.45. The second-order valence-electron chi connectivity index (χ2n) is 9.00. The zero-order valence-electron chi connectivity index (χ0n) is 18.4. The van der Waals surface area contributed by atoms with Crippen LogP contribution in [0.25, 0.3) is 0 Å². The molecular formula is C26H26F4O3. The summed E-state index contributed by atoms with van der Waals surface area (Å²) in [6, 6.07) is 3.39. The van der Waals surface area contributed by atoms with Gasteiger partial charge in [-0.1, -0.05) is 6.08 Å². The lowest BCUT2D eigenvalue weighted by Crippen LogP contribution is -2.30. The molecule has 4 unspecified atom stereocenters. The number of rotatable bonds is 5. The lowest BCUT2D eigenvalue weighted by molar-refractivity contribution is 0.0732. The van der Waals surface area contributed by atoms with Crippen molar-refractivity contribution in [3.63, 3.8) is 0 Å². The van der Waals surface area contributed by atoms with Gasteiger partial charge >= 0.3 is 5.97 Å². The Kier molecular flexibility index (Phi) is 6.77. The van der Waals surface area contributed by atoms with Crippen molar-refractivity contribution >= 4 is 5.97 Å². The van der Waals surface area contributed by atoms with Crippen molar-refractivity contribution in [1.29, 1.82) is 0 Å². The molecule has 2 fully saturated rings. The highest BCUT2D eigenvalue weighted by Gasteiger charge is 2.37. The van der Waals surface area contributed by atoms with Gasteiger partial charge in [0.2, 0.25) is 0 Å². The first-order valence-corrected chi connectivity index (χ1v) is 11.2. The largest absolute Gasteiger partial charge is 0.491 e. The SMILES string of the molecule is C=CC1CCC2CC(c3c(F)cc(C(=O)Oc4cc(F)c(OC)c(F)c4)cc3F)CCC2C1. The molecule has 0 bridgehead atoms. The van der Waals surface area contributed by atoms with Gasteiger partial charge in [0.15, 0.2) is 17.4 Å². The Hall–Kier alpha value is -2.83. The molecule has 4 rings (SSSR count). The van der Waals surface area contributed by atoms with Crippen LogP contribution in [0.4, 0.5) is 17.6 Å². The Balaban J connectivity index is 1.50. The summed E-state index contributed by atoms with van der Waals surface area (Å²) in [4.78, 5) is 12.4. The summed E-state index contributed by atoms with van der Waals surface area (Å²) in [5.41, 5.74) is -0.372. The van der Waals surface area contributed by atoms with Crippen molar-refractivity contribution in [3.8, 4) is 11.5 Å². The molecule has 2 aromatic carbocycles. The predicted octanol–water partition coefficient (Wildman–Crippen LogP) is 6.96. The quantitative estimate of drug-likeness (QED) is 0.209. The fourth-order valence-electron chi connectivity index (χ4n) is 5.45. The number of carbonyl (C=O) groups is 1. The minimum Gasteiger partial charge on any atom is -0.491 e. The molecular weight excluding hydrogens is 436 g/mol. The summed E-state index contributed by atoms with van der Waals surface area (Å²) in [7, 11) is 1.10. The van der Waals surface area contributed by atoms with E-state index in [0.29, 0.717) is 24.2 Å². The summed E-state index contributed by atoms with van der Waals surface area (Å²) in [6.45, 7) is 3.89. The molecule has 0 heterocycles. The fraction of sp³-hybridized carbons (Fsp3) is 0.423. The molecule has 0 N–H and O–H groups in total. The molecule has 2 saturated carbocycles. The zero-order valence-corrected chi connectivity index (χ0v) is 18.4. The van der Waals surface area contributed by atoms with E-state index in [1.807, 2.05) is 6.08 Å². The van der Waals surface area contributed by atoms with E-state index in [2.05, 4.69) is 11.3 Å². The van der Waals surface area contributed by atoms with Gasteiger partial charge < -0.3 is 9.47 Å². The third kappa shape index (κ3) is 4.77. The second kappa shape index (κ2) is 9.57. The summed E-state index contributed by atoms with van der Waals surface area (Å²) < 4.78 is 67.1. The minimum absolute atomic E-state index is 0.00243. The maximum Gasteiger partial charge on any atom is 0.343 e. The molecule has 33 heavy (non-hydrogen) atoms. The standard InChI is InChI=1S/C26H26F4O3/c1-3-14-4-5-16-9-17(7-6-15(16)8-14)24-20(27)10-18(11-21(24)28)26(31)33-19-12-22(29)25(32-2)23(30)13-19/h3,10-17H,1,4-9H2,2H3. The molecule has 0 saturated heterocycles. The molecule has 2 aliphatic rings. The number of hydrogen-bond donors (Lipinski definition) is 0. The van der Waals surface area contributed by atoms with E-state index in [0.717, 1.165) is 63.5 Å². The zero-order chi connectivity index (χ0) is 23.7. The number of allylic oxidation sites excluding steroid dienone is 1. The van der Waals surface area contributed by atoms with Crippen molar-refractivity contribution in [2.24, 2.45) is 17.8 Å². The van der Waals surface area contributed by atoms with Gasteiger partial charge in [-0.05, 0) is 74.3 Å². The van der Waals surface area contributed by atoms with E-state index < -0.39 is 40.7 Å². The van der Waals surface area contributed by atoms with Crippen molar-refractivity contribution in [2.75, 3.05) is 7.11 Å². The minimum atomic E-state index is -1.12. The van der Waals surface area contributed by atoms with Gasteiger partial charge in [-0.15, -0.1) is 6.58 Å². The van der Waals surface area contributed by atoms with Gasteiger partial charge in [0.25, 0.3) is 0 Å². The highest BCUT2D eigenvalue weighted by atomic mass is 19.1. The lowest BCUT2D eigenvalue weighted by atomic mass is 9.64. The van der Waals surface area contributed by atoms with Crippen LogP contribution in [0.15, 0.2) is 36.9 Å². The molecule has 0 amide bonds. The first kappa shape index (κ1) is 23.3. The predicted molar refractivity (Wildman–Crippen MR) is 115 cm³/mol. The van der Waals surface area contributed by atoms with Crippen LogP contribution in [-0.2, 0) is 0 Å². The lowest BCUT2D eigenvalue weighted by Gasteiger charge is -2.41. The topological polar surface area (TPSA) is 35.5 Å². The summed E-state index contributed by atoms with van der Waals surface area (Å²) >= 11 is 0. The molecule has 2 aliphatic carbocycles. The monoisotopic (exact) mass is 462 g/mol. The molecule has 0 aromatic heterocycles. The maximum atomic E-state index is 15.0. The van der Waals surface area contributed by atoms with E-state index in [9.17, 15) is 22.4 Å². The number of halogens is 4. The van der Waals surface area contributed by atoms with Crippen LogP contribution in [0.5, 0.6) is 11.5 Å². The van der Waals surface area contributed by atoms with Crippen LogP contribution in [0.2, 0.25) is 0 Å². The Morgan fingerprint density at radius 2 is 1.52 bits per heavy atom. The first-order valence-electron chi connectivity index (χ1n) is 11.2. The summed E-state index contributed by atoms with van der Waals surface area (Å²) in [5, 5.41) is 0. The van der Waals surface area contributed by atoms with Crippen LogP contribution in [-0.4, -0.2) is 13.1 Å². The van der Waals surface area contributed by atoms with Crippen LogP contribution in [0.3, 0.4) is 0 Å². The van der Waals surface area contributed by atoms with Crippen molar-refractivity contribution < 1.29 is 31.8 Å². The number of fused-ring (bicyclic) bond motifs is 1. The van der Waals surface area contributed by atoms with Crippen molar-refractivity contribution in [3.05, 3.63) is 71.3 Å². The second-order valence-corrected chi connectivity index (χ2v) is 9.00. The van der Waals surface area contributed by atoms with Gasteiger partial charge in [-0.25, -0.2) is 22.4 Å². The number of hydrogen-bond acceptors (Lipinski definition) is 3. The smallest absolute Gasteiger partial charge is 0.343 e. The van der Waals surface area contributed by atoms with E-state index in [4.69, 9.17) is 4.74 Å². The van der Waals surface area contributed by atoms with E-state index >= 15 is 0 Å². The molecule has 0 spiro atoms. The molecule has 3 nitrogen and oxygen atoms in total. The highest BCUT2D eigenvalue weighted by molar-refractivity contribution is 5.91. The molecule has 7 heteroatoms. The van der Waals surface area contributed by atoms with Crippen LogP contribution >= 0.6 is 0 Å². The third-order valence-corrected chi connectivity index (χ3v) is 7.10. The average molecular weight is 462 g/mol. The Morgan fingerprint density at radius 1 is 0.909 bits per heavy atom. The molecule has 4 atom stereocenters. The van der Waals surface area contributed by atoms with Gasteiger partial charge in [0.05, 0.1) is 12.7 Å². The summed E-state index contributed by atoms with van der Waals surface area (Å²) in [6.07, 6.45) is 7.50. The average Bonchev–Trinajstić information content (AvgIpc) is 2.78. The normalized spacial score (nSPS) is 24.6. The van der Waals surface area contributed by atoms with Crippen molar-refractivity contribution in [1.82, 2.24) is 0 Å². The number of carbonyl (C=O) groups excluding carboxylic acids is 1. The van der Waals surface area contributed by atoms with Gasteiger partial charge in [0, 0.05) is 17.7 Å². The Bertz CT molecular complexity index is 1020. The Labute approximate surface area is 190 Å². The molecule has 176 valence electrons. The van der Waals surface area contributed by atoms with Gasteiger partial charge in [0.1, 0.15) is 17.4 Å². The van der Waals surface area contributed by atoms with E-state index in [1.165, 1.54) is 0 Å². The Morgan fingerprint density at radius 3 is 2.12 bits per heavy atom. The maximum absolute atomic E-state index is 15.0. The highest BCUT2D eigenvalue weighted by Crippen LogP contribution is 2.48. The molecule has 0 radical (unpaired) electrons. The van der Waals surface area contributed by atoms with E-state index in [1.54, 1.807) is 0 Å². The number of methoxy groups -OCH3 is 1. The van der Waals surface area contributed by atoms with Gasteiger partial charge in [-0.3, -0.25) is 0 Å². The molecule has 0 aliphatic heterocycles. The van der Waals surface area contributed by atoms with Crippen molar-refractivity contribution in [2.45, 2.75) is 44.4 Å². The third-order valence-electron chi connectivity index (χ3n) is 7.10. The van der Waals surface area contributed by atoms with Crippen LogP contribution < -0.4 is 9.47 Å². The van der Waals surface area contributed by atoms with E-state index in [-0.39, 0.29) is 17.0 Å². The van der Waals surface area contributed by atoms with Crippen LogP contribution in [0, 0.1) is 41.0 Å². The summed E-state index contributed by atoms with van der Waals surface area (Å²) in [5.74, 6) is -4.65. The van der Waals surface area contributed by atoms with Gasteiger partial charge in [-0.2, -0.15) is 0 Å². The molecule has 2 aromatic rings. The first-order chi connectivity index (χ1) is 15.8. The van der Waals surface area contributed by atoms with Crippen LogP contribution in [0.1, 0.15) is 60.4 Å². The number of benzene rings is 2. The number of ether oxygens (including phenoxy) is 2.